The third-order valence-corrected chi connectivity index (χ3v) is 4.63. The highest BCUT2D eigenvalue weighted by atomic mass is 16.5. The van der Waals surface area contributed by atoms with Crippen LogP contribution in [0.3, 0.4) is 0 Å². The molecule has 0 bridgehead atoms. The Labute approximate surface area is 145 Å². The van der Waals surface area contributed by atoms with E-state index in [1.807, 2.05) is 31.2 Å². The molecule has 2 N–H and O–H groups in total. The largest absolute Gasteiger partial charge is 0.391 e. The summed E-state index contributed by atoms with van der Waals surface area (Å²) in [6.07, 6.45) is 3.91. The number of nitrogens with one attached hydrogen (secondary N) is 1. The third-order valence-electron chi connectivity index (χ3n) is 4.63. The first-order valence-electron chi connectivity index (χ1n) is 8.44. The van der Waals surface area contributed by atoms with Gasteiger partial charge in [0.25, 0.3) is 0 Å². The molecular weight excluding hydrogens is 318 g/mol. The van der Waals surface area contributed by atoms with E-state index in [1.165, 1.54) is 0 Å². The van der Waals surface area contributed by atoms with Gasteiger partial charge in [0, 0.05) is 48.7 Å². The van der Waals surface area contributed by atoms with Crippen molar-refractivity contribution in [2.45, 2.75) is 26.0 Å². The minimum atomic E-state index is -0.348. The minimum Gasteiger partial charge on any atom is -0.391 e. The van der Waals surface area contributed by atoms with Crippen LogP contribution >= 0.6 is 0 Å². The third kappa shape index (κ3) is 3.62. The van der Waals surface area contributed by atoms with E-state index in [0.29, 0.717) is 13.1 Å². The van der Waals surface area contributed by atoms with Gasteiger partial charge in [0.15, 0.2) is 5.76 Å². The van der Waals surface area contributed by atoms with Crippen molar-refractivity contribution < 1.29 is 9.63 Å². The molecule has 25 heavy (non-hydrogen) atoms. The molecule has 7 nitrogen and oxygen atoms in total. The van der Waals surface area contributed by atoms with Crippen LogP contribution < -0.4 is 0 Å². The summed E-state index contributed by atoms with van der Waals surface area (Å²) in [5, 5.41) is 21.7. The van der Waals surface area contributed by atoms with Gasteiger partial charge in [-0.15, -0.1) is 0 Å². The number of β-amino-alcohol motifs (C(OH)–C–C–N with tert-alkyl or cyclic N) is 1. The van der Waals surface area contributed by atoms with Gasteiger partial charge < -0.3 is 9.63 Å². The van der Waals surface area contributed by atoms with E-state index in [4.69, 9.17) is 4.52 Å². The zero-order valence-corrected chi connectivity index (χ0v) is 14.1. The number of aryl methyl sites for hydroxylation is 1. The minimum absolute atomic E-state index is 0.185. The lowest BCUT2D eigenvalue weighted by Crippen LogP contribution is -2.21. The molecule has 2 atom stereocenters. The number of aliphatic hydroxyl groups is 1. The van der Waals surface area contributed by atoms with Crippen LogP contribution in [0.1, 0.15) is 17.1 Å². The molecule has 1 aliphatic heterocycles. The van der Waals surface area contributed by atoms with Crippen LogP contribution in [-0.2, 0) is 13.0 Å². The van der Waals surface area contributed by atoms with Crippen molar-refractivity contribution in [3.05, 3.63) is 53.8 Å². The highest BCUT2D eigenvalue weighted by molar-refractivity contribution is 5.57. The van der Waals surface area contributed by atoms with Crippen molar-refractivity contribution in [1.29, 1.82) is 0 Å². The Morgan fingerprint density at radius 1 is 1.28 bits per heavy atom. The summed E-state index contributed by atoms with van der Waals surface area (Å²) < 4.78 is 5.46. The molecule has 4 heterocycles. The second-order valence-electron chi connectivity index (χ2n) is 6.68. The number of hydrogen-bond donors (Lipinski definition) is 2. The highest BCUT2D eigenvalue weighted by Gasteiger charge is 2.32. The van der Waals surface area contributed by atoms with Crippen molar-refractivity contribution in [2.75, 3.05) is 13.1 Å². The van der Waals surface area contributed by atoms with E-state index in [1.54, 1.807) is 12.4 Å². The van der Waals surface area contributed by atoms with Gasteiger partial charge in [-0.3, -0.25) is 15.0 Å². The van der Waals surface area contributed by atoms with Crippen molar-refractivity contribution in [2.24, 2.45) is 5.92 Å². The summed E-state index contributed by atoms with van der Waals surface area (Å²) in [4.78, 5) is 6.21. The monoisotopic (exact) mass is 339 g/mol. The molecule has 1 fully saturated rings. The Bertz CT molecular complexity index is 829. The molecule has 0 radical (unpaired) electrons. The van der Waals surface area contributed by atoms with E-state index in [9.17, 15) is 5.11 Å². The van der Waals surface area contributed by atoms with E-state index >= 15 is 0 Å². The van der Waals surface area contributed by atoms with Gasteiger partial charge in [0.1, 0.15) is 5.69 Å². The van der Waals surface area contributed by atoms with Crippen LogP contribution in [-0.4, -0.2) is 49.5 Å². The fourth-order valence-electron chi connectivity index (χ4n) is 3.39. The van der Waals surface area contributed by atoms with Gasteiger partial charge in [0.05, 0.1) is 18.3 Å². The Morgan fingerprint density at radius 3 is 2.88 bits per heavy atom. The lowest BCUT2D eigenvalue weighted by Gasteiger charge is -2.12. The number of hydrogen-bond acceptors (Lipinski definition) is 6. The van der Waals surface area contributed by atoms with Gasteiger partial charge in [-0.05, 0) is 31.5 Å². The first-order valence-corrected chi connectivity index (χ1v) is 8.44. The Hall–Kier alpha value is -2.51. The molecule has 0 unspecified atom stereocenters. The number of likely N-dealkylation sites (tertiary alicyclic amines) is 1. The molecule has 0 amide bonds. The molecule has 7 heteroatoms. The predicted octanol–water partition coefficient (Wildman–Crippen LogP) is 1.80. The van der Waals surface area contributed by atoms with Crippen LogP contribution in [0.15, 0.2) is 41.2 Å². The van der Waals surface area contributed by atoms with E-state index < -0.39 is 0 Å². The maximum Gasteiger partial charge on any atom is 0.151 e. The van der Waals surface area contributed by atoms with Crippen LogP contribution in [0.4, 0.5) is 0 Å². The van der Waals surface area contributed by atoms with Crippen molar-refractivity contribution in [1.82, 2.24) is 25.2 Å². The number of rotatable bonds is 5. The molecule has 4 rings (SSSR count). The Balaban J connectivity index is 1.38. The van der Waals surface area contributed by atoms with Crippen molar-refractivity contribution in [3.8, 4) is 11.3 Å². The second kappa shape index (κ2) is 6.78. The summed E-state index contributed by atoms with van der Waals surface area (Å²) in [7, 11) is 0. The molecule has 130 valence electrons. The number of aliphatic hydroxyl groups excluding tert-OH is 1. The zero-order chi connectivity index (χ0) is 17.2. The maximum absolute atomic E-state index is 10.4. The fraction of sp³-hybridized carbons (Fsp3) is 0.389. The summed E-state index contributed by atoms with van der Waals surface area (Å²) in [6, 6.07) is 7.80. The van der Waals surface area contributed by atoms with E-state index in [2.05, 4.69) is 25.2 Å². The summed E-state index contributed by atoms with van der Waals surface area (Å²) in [6.45, 7) is 4.08. The quantitative estimate of drug-likeness (QED) is 0.737. The van der Waals surface area contributed by atoms with E-state index in [0.717, 1.165) is 41.4 Å². The van der Waals surface area contributed by atoms with Gasteiger partial charge in [-0.1, -0.05) is 5.16 Å². The van der Waals surface area contributed by atoms with Gasteiger partial charge >= 0.3 is 0 Å². The van der Waals surface area contributed by atoms with Gasteiger partial charge in [0.2, 0.25) is 0 Å². The van der Waals surface area contributed by atoms with Crippen molar-refractivity contribution in [3.63, 3.8) is 0 Å². The molecule has 3 aromatic heterocycles. The highest BCUT2D eigenvalue weighted by Crippen LogP contribution is 2.24. The van der Waals surface area contributed by atoms with Crippen LogP contribution in [0.5, 0.6) is 0 Å². The van der Waals surface area contributed by atoms with Crippen LogP contribution in [0.2, 0.25) is 0 Å². The number of nitrogens with zero attached hydrogens (tertiary/aromatic N) is 4. The first kappa shape index (κ1) is 16.0. The number of H-pyrrole nitrogens is 1. The molecule has 0 aliphatic carbocycles. The molecule has 1 saturated heterocycles. The Morgan fingerprint density at radius 2 is 2.12 bits per heavy atom. The van der Waals surface area contributed by atoms with Crippen LogP contribution in [0, 0.1) is 12.8 Å². The molecule has 1 aliphatic rings. The molecule has 0 spiro atoms. The summed E-state index contributed by atoms with van der Waals surface area (Å²) >= 11 is 0. The number of aromatic amines is 1. The molecule has 0 saturated carbocycles. The number of aromatic nitrogens is 4. The summed E-state index contributed by atoms with van der Waals surface area (Å²) in [5.74, 6) is 0.987. The van der Waals surface area contributed by atoms with Gasteiger partial charge in [-0.2, -0.15) is 5.10 Å². The average molecular weight is 339 g/mol. The average Bonchev–Trinajstić information content (AvgIpc) is 3.31. The molecule has 0 aromatic carbocycles. The molecule has 3 aromatic rings. The standard InChI is InChI=1S/C18H21N5O2/c1-12-6-15(21-20-12)7-14-9-23(11-18(14)24)10-16-8-17(22-25-16)13-2-4-19-5-3-13/h2-6,8,14,18,24H,7,9-11H2,1H3,(H,20,21)/t14-,18-/m1/s1. The van der Waals surface area contributed by atoms with Crippen molar-refractivity contribution >= 4 is 0 Å². The SMILES string of the molecule is Cc1cc(C[C@@H]2CN(Cc3cc(-c4ccncc4)no3)C[C@H]2O)n[nH]1. The Kier molecular flexibility index (Phi) is 4.33. The predicted molar refractivity (Wildman–Crippen MR) is 91.5 cm³/mol. The zero-order valence-electron chi connectivity index (χ0n) is 14.1. The normalized spacial score (nSPS) is 21.0. The number of pyridine rings is 1. The first-order chi connectivity index (χ1) is 12.2. The van der Waals surface area contributed by atoms with E-state index in [-0.39, 0.29) is 12.0 Å². The lowest BCUT2D eigenvalue weighted by molar-refractivity contribution is 0.139. The topological polar surface area (TPSA) is 91.1 Å². The summed E-state index contributed by atoms with van der Waals surface area (Å²) in [5.41, 5.74) is 3.84. The smallest absolute Gasteiger partial charge is 0.151 e. The maximum atomic E-state index is 10.4. The fourth-order valence-corrected chi connectivity index (χ4v) is 3.39. The molecular formula is C18H21N5O2. The second-order valence-corrected chi connectivity index (χ2v) is 6.68. The van der Waals surface area contributed by atoms with Crippen LogP contribution in [0.25, 0.3) is 11.3 Å². The van der Waals surface area contributed by atoms with Gasteiger partial charge in [-0.25, -0.2) is 0 Å². The lowest BCUT2D eigenvalue weighted by atomic mass is 10.0.